The van der Waals surface area contributed by atoms with Crippen molar-refractivity contribution in [1.29, 1.82) is 0 Å². The van der Waals surface area contributed by atoms with E-state index < -0.39 is 11.1 Å². The van der Waals surface area contributed by atoms with Crippen LogP contribution in [0.4, 0.5) is 0 Å². The molecular formula is C36H51N3O4. The number of nitrogens with zero attached hydrogens (tertiary/aromatic N) is 3. The molecule has 7 rings (SSSR count). The second-order valence-electron chi connectivity index (χ2n) is 13.0. The third-order valence-corrected chi connectivity index (χ3v) is 10.5. The summed E-state index contributed by atoms with van der Waals surface area (Å²) in [6, 6.07) is 20.1. The van der Waals surface area contributed by atoms with Crippen molar-refractivity contribution in [2.75, 3.05) is 52.9 Å². The summed E-state index contributed by atoms with van der Waals surface area (Å²) in [6.45, 7) is 11.2. The number of hydrogen-bond acceptors (Lipinski definition) is 7. The molecule has 0 amide bonds. The van der Waals surface area contributed by atoms with Crippen molar-refractivity contribution in [3.8, 4) is 0 Å². The molecule has 5 saturated heterocycles. The molecule has 5 aliphatic heterocycles. The van der Waals surface area contributed by atoms with E-state index in [1.165, 1.54) is 45.9 Å². The Hall–Kier alpha value is -2.74. The number of carbonyl (C=O) groups excluding carboxylic acids is 2. The molecule has 3 atom stereocenters. The predicted molar refractivity (Wildman–Crippen MR) is 169 cm³/mol. The molecule has 7 nitrogen and oxygen atoms in total. The van der Waals surface area contributed by atoms with E-state index in [4.69, 9.17) is 9.47 Å². The molecule has 5 fully saturated rings. The molecule has 7 heteroatoms. The Kier molecular flexibility index (Phi) is 10.6. The van der Waals surface area contributed by atoms with Crippen LogP contribution in [0.15, 0.2) is 60.7 Å². The molecule has 2 aromatic carbocycles. The summed E-state index contributed by atoms with van der Waals surface area (Å²) in [5.74, 6) is 0.324. The SMILES string of the molecule is COC(=O)[C@](C)(c1ccccc1)N1CCCCC1.C[C@@](C(=O)O[C@H]1CN2CCC1CC2)(c1ccccc1)N1CCCCC1. The molecule has 5 heterocycles. The molecule has 0 spiro atoms. The van der Waals surface area contributed by atoms with E-state index in [1.54, 1.807) is 0 Å². The Bertz CT molecular complexity index is 1170. The van der Waals surface area contributed by atoms with Gasteiger partial charge in [0.25, 0.3) is 0 Å². The molecule has 0 aliphatic carbocycles. The fourth-order valence-corrected chi connectivity index (χ4v) is 7.56. The van der Waals surface area contributed by atoms with Crippen molar-refractivity contribution in [3.63, 3.8) is 0 Å². The van der Waals surface area contributed by atoms with Crippen molar-refractivity contribution in [2.45, 2.75) is 82.4 Å². The number of rotatable bonds is 7. The van der Waals surface area contributed by atoms with Crippen LogP contribution in [-0.4, -0.2) is 85.7 Å². The van der Waals surface area contributed by atoms with Crippen LogP contribution in [0.1, 0.15) is 76.3 Å². The van der Waals surface area contributed by atoms with Crippen LogP contribution in [0.2, 0.25) is 0 Å². The first-order chi connectivity index (χ1) is 20.9. The first-order valence-electron chi connectivity index (χ1n) is 16.5. The number of likely N-dealkylation sites (tertiary alicyclic amines) is 2. The lowest BCUT2D eigenvalue weighted by Crippen LogP contribution is -2.57. The van der Waals surface area contributed by atoms with Gasteiger partial charge in [-0.05, 0) is 109 Å². The molecular weight excluding hydrogens is 538 g/mol. The van der Waals surface area contributed by atoms with Gasteiger partial charge in [-0.2, -0.15) is 0 Å². The van der Waals surface area contributed by atoms with Gasteiger partial charge >= 0.3 is 11.9 Å². The third kappa shape index (κ3) is 6.84. The fraction of sp³-hybridized carbons (Fsp3) is 0.611. The molecule has 43 heavy (non-hydrogen) atoms. The lowest BCUT2D eigenvalue weighted by Gasteiger charge is -2.46. The first-order valence-corrected chi connectivity index (χ1v) is 16.5. The standard InChI is InChI=1S/C21H30N2O2.C15H21NO2/c1-21(18-8-4-2-5-9-18,23-12-6-3-7-13-23)20(24)25-19-16-22-14-10-17(19)11-15-22;1-15(14(17)18-2,13-9-5-3-6-10-13)16-11-7-4-8-12-16/h2,4-5,8-9,17,19H,3,6-7,10-16H2,1H3;3,5-6,9-10H,4,7-8,11-12H2,1-2H3/t19-,21-;15-/m00/s1. The molecule has 0 radical (unpaired) electrons. The number of fused-ring (bicyclic) bond motifs is 3. The van der Waals surface area contributed by atoms with Gasteiger partial charge in [-0.25, -0.2) is 9.59 Å². The lowest BCUT2D eigenvalue weighted by atomic mass is 9.85. The quantitative estimate of drug-likeness (QED) is 0.391. The van der Waals surface area contributed by atoms with Crippen molar-refractivity contribution in [2.24, 2.45) is 5.92 Å². The summed E-state index contributed by atoms with van der Waals surface area (Å²) in [7, 11) is 1.47. The average Bonchev–Trinajstić information content (AvgIpc) is 3.09. The van der Waals surface area contributed by atoms with Gasteiger partial charge in [0.15, 0.2) is 0 Å². The zero-order valence-corrected chi connectivity index (χ0v) is 26.5. The van der Waals surface area contributed by atoms with E-state index in [0.717, 1.165) is 69.5 Å². The molecule has 2 bridgehead atoms. The van der Waals surface area contributed by atoms with E-state index in [1.807, 2.05) is 55.5 Å². The molecule has 2 aromatic rings. The molecule has 234 valence electrons. The van der Waals surface area contributed by atoms with Crippen molar-refractivity contribution < 1.29 is 19.1 Å². The van der Waals surface area contributed by atoms with Crippen LogP contribution in [0.5, 0.6) is 0 Å². The number of methoxy groups -OCH3 is 1. The van der Waals surface area contributed by atoms with Crippen LogP contribution >= 0.6 is 0 Å². The second-order valence-corrected chi connectivity index (χ2v) is 13.0. The second kappa shape index (κ2) is 14.4. The van der Waals surface area contributed by atoms with Gasteiger partial charge in [0.1, 0.15) is 17.2 Å². The number of ether oxygens (including phenoxy) is 2. The van der Waals surface area contributed by atoms with Crippen LogP contribution < -0.4 is 0 Å². The number of benzene rings is 2. The summed E-state index contributed by atoms with van der Waals surface area (Å²) >= 11 is 0. The van der Waals surface area contributed by atoms with Crippen LogP contribution in [-0.2, 0) is 30.1 Å². The summed E-state index contributed by atoms with van der Waals surface area (Å²) in [5.41, 5.74) is 0.742. The summed E-state index contributed by atoms with van der Waals surface area (Å²) in [4.78, 5) is 32.7. The normalized spacial score (nSPS) is 27.1. The lowest BCUT2D eigenvalue weighted by molar-refractivity contribution is -0.174. The number of hydrogen-bond donors (Lipinski definition) is 0. The minimum absolute atomic E-state index is 0.0562. The van der Waals surface area contributed by atoms with Gasteiger partial charge < -0.3 is 9.47 Å². The summed E-state index contributed by atoms with van der Waals surface area (Å²) < 4.78 is 11.2. The van der Waals surface area contributed by atoms with E-state index in [2.05, 4.69) is 33.8 Å². The van der Waals surface area contributed by atoms with E-state index in [-0.39, 0.29) is 18.0 Å². The van der Waals surface area contributed by atoms with Crippen molar-refractivity contribution in [3.05, 3.63) is 71.8 Å². The highest BCUT2D eigenvalue weighted by molar-refractivity contribution is 5.83. The Morgan fingerprint density at radius 3 is 1.49 bits per heavy atom. The molecule has 0 saturated carbocycles. The maximum atomic E-state index is 13.4. The zero-order valence-electron chi connectivity index (χ0n) is 26.5. The fourth-order valence-electron chi connectivity index (χ4n) is 7.56. The summed E-state index contributed by atoms with van der Waals surface area (Å²) in [6.07, 6.45) is 9.55. The van der Waals surface area contributed by atoms with Gasteiger partial charge in [-0.3, -0.25) is 14.7 Å². The van der Waals surface area contributed by atoms with Crippen molar-refractivity contribution in [1.82, 2.24) is 14.7 Å². The molecule has 0 aromatic heterocycles. The number of carbonyl (C=O) groups is 2. The minimum atomic E-state index is -0.673. The highest BCUT2D eigenvalue weighted by atomic mass is 16.5. The first kappa shape index (κ1) is 31.7. The average molecular weight is 590 g/mol. The number of piperidine rings is 5. The van der Waals surface area contributed by atoms with Gasteiger partial charge in [-0.1, -0.05) is 73.5 Å². The molecule has 0 N–H and O–H groups in total. The van der Waals surface area contributed by atoms with Crippen molar-refractivity contribution >= 4 is 11.9 Å². The number of esters is 2. The zero-order chi connectivity index (χ0) is 30.3. The maximum absolute atomic E-state index is 13.4. The topological polar surface area (TPSA) is 62.3 Å². The Morgan fingerprint density at radius 2 is 1.09 bits per heavy atom. The molecule has 0 unspecified atom stereocenters. The Labute approximate surface area is 258 Å². The monoisotopic (exact) mass is 589 g/mol. The maximum Gasteiger partial charge on any atom is 0.331 e. The summed E-state index contributed by atoms with van der Waals surface area (Å²) in [5, 5.41) is 0. The van der Waals surface area contributed by atoms with Crippen LogP contribution in [0, 0.1) is 5.92 Å². The van der Waals surface area contributed by atoms with Gasteiger partial charge in [0, 0.05) is 6.54 Å². The Morgan fingerprint density at radius 1 is 0.651 bits per heavy atom. The van der Waals surface area contributed by atoms with Crippen LogP contribution in [0.25, 0.3) is 0 Å². The highest BCUT2D eigenvalue weighted by Crippen LogP contribution is 2.36. The molecule has 5 aliphatic rings. The van der Waals surface area contributed by atoms with E-state index in [9.17, 15) is 9.59 Å². The van der Waals surface area contributed by atoms with E-state index >= 15 is 0 Å². The van der Waals surface area contributed by atoms with Gasteiger partial charge in [-0.15, -0.1) is 0 Å². The van der Waals surface area contributed by atoms with Crippen LogP contribution in [0.3, 0.4) is 0 Å². The highest BCUT2D eigenvalue weighted by Gasteiger charge is 2.46. The smallest absolute Gasteiger partial charge is 0.331 e. The predicted octanol–water partition coefficient (Wildman–Crippen LogP) is 5.59. The van der Waals surface area contributed by atoms with E-state index in [0.29, 0.717) is 5.92 Å². The Balaban J connectivity index is 0.000000181. The largest absolute Gasteiger partial charge is 0.467 e. The third-order valence-electron chi connectivity index (χ3n) is 10.5. The van der Waals surface area contributed by atoms with Gasteiger partial charge in [0.05, 0.1) is 7.11 Å². The minimum Gasteiger partial charge on any atom is -0.467 e. The van der Waals surface area contributed by atoms with Gasteiger partial charge in [0.2, 0.25) is 0 Å².